The number of carbonyl (C=O) groups is 1. The molecule has 0 saturated carbocycles. The lowest BCUT2D eigenvalue weighted by Crippen LogP contribution is -2.38. The average molecular weight is 479 g/mol. The third-order valence-electron chi connectivity index (χ3n) is 4.35. The summed E-state index contributed by atoms with van der Waals surface area (Å²) in [4.78, 5) is 20.8. The fourth-order valence-electron chi connectivity index (χ4n) is 3.08. The van der Waals surface area contributed by atoms with Gasteiger partial charge in [-0.05, 0) is 36.6 Å². The van der Waals surface area contributed by atoms with Gasteiger partial charge in [0.1, 0.15) is 0 Å². The summed E-state index contributed by atoms with van der Waals surface area (Å²) in [6, 6.07) is 12.0. The molecule has 0 radical (unpaired) electrons. The second kappa shape index (κ2) is 10.9. The molecular formula is C20H26IN5O. The van der Waals surface area contributed by atoms with Crippen molar-refractivity contribution in [3.8, 4) is 0 Å². The molecule has 1 unspecified atom stereocenters. The molecule has 0 spiro atoms. The van der Waals surface area contributed by atoms with Crippen LogP contribution in [0.1, 0.15) is 30.4 Å². The topological polar surface area (TPSA) is 78.4 Å². The molecule has 2 heterocycles. The van der Waals surface area contributed by atoms with Crippen molar-refractivity contribution in [2.24, 2.45) is 4.99 Å². The van der Waals surface area contributed by atoms with Crippen molar-refractivity contribution in [1.29, 1.82) is 0 Å². The Bertz CT molecular complexity index is 766. The Hall–Kier alpha value is -2.16. The van der Waals surface area contributed by atoms with Gasteiger partial charge in [0, 0.05) is 43.5 Å². The van der Waals surface area contributed by atoms with Crippen molar-refractivity contribution in [2.45, 2.75) is 25.7 Å². The van der Waals surface area contributed by atoms with Gasteiger partial charge in [-0.3, -0.25) is 14.8 Å². The van der Waals surface area contributed by atoms with E-state index >= 15 is 0 Å². The van der Waals surface area contributed by atoms with E-state index in [4.69, 9.17) is 4.99 Å². The monoisotopic (exact) mass is 479 g/mol. The first-order valence-electron chi connectivity index (χ1n) is 9.06. The maximum Gasteiger partial charge on any atom is 0.225 e. The molecule has 0 bridgehead atoms. The zero-order chi connectivity index (χ0) is 18.2. The predicted octanol–water partition coefficient (Wildman–Crippen LogP) is 2.92. The number of rotatable bonds is 6. The molecule has 6 nitrogen and oxygen atoms in total. The van der Waals surface area contributed by atoms with Crippen LogP contribution in [0.15, 0.2) is 53.8 Å². The van der Waals surface area contributed by atoms with Gasteiger partial charge in [0.25, 0.3) is 0 Å². The van der Waals surface area contributed by atoms with E-state index in [0.29, 0.717) is 13.0 Å². The number of hydrogen-bond acceptors (Lipinski definition) is 3. The predicted molar refractivity (Wildman–Crippen MR) is 120 cm³/mol. The molecule has 3 N–H and O–H groups in total. The van der Waals surface area contributed by atoms with Crippen molar-refractivity contribution >= 4 is 41.5 Å². The summed E-state index contributed by atoms with van der Waals surface area (Å²) in [5.41, 5.74) is 3.24. The van der Waals surface area contributed by atoms with Gasteiger partial charge < -0.3 is 16.0 Å². The zero-order valence-corrected chi connectivity index (χ0v) is 17.8. The summed E-state index contributed by atoms with van der Waals surface area (Å²) in [7, 11) is 0. The van der Waals surface area contributed by atoms with Gasteiger partial charge in [-0.1, -0.05) is 24.3 Å². The van der Waals surface area contributed by atoms with Crippen molar-refractivity contribution < 1.29 is 4.79 Å². The minimum Gasteiger partial charge on any atom is -0.357 e. The molecule has 0 aliphatic carbocycles. The molecule has 1 amide bonds. The van der Waals surface area contributed by atoms with E-state index in [1.807, 2.05) is 37.4 Å². The number of benzene rings is 1. The van der Waals surface area contributed by atoms with Crippen LogP contribution in [0.4, 0.5) is 5.69 Å². The number of pyridine rings is 1. The molecule has 144 valence electrons. The number of aliphatic imine (C=N–C) groups is 1. The number of aromatic nitrogens is 1. The van der Waals surface area contributed by atoms with E-state index in [1.165, 1.54) is 5.56 Å². The van der Waals surface area contributed by atoms with Crippen molar-refractivity contribution in [1.82, 2.24) is 15.6 Å². The summed E-state index contributed by atoms with van der Waals surface area (Å²) in [6.45, 7) is 4.19. The first kappa shape index (κ1) is 21.1. The van der Waals surface area contributed by atoms with Gasteiger partial charge in [0.15, 0.2) is 5.96 Å². The van der Waals surface area contributed by atoms with Gasteiger partial charge in [-0.2, -0.15) is 0 Å². The van der Waals surface area contributed by atoms with Gasteiger partial charge in [-0.25, -0.2) is 0 Å². The van der Waals surface area contributed by atoms with Crippen LogP contribution in [0, 0.1) is 0 Å². The number of fused-ring (bicyclic) bond motifs is 1. The molecule has 1 aliphatic rings. The van der Waals surface area contributed by atoms with Crippen LogP contribution < -0.4 is 16.0 Å². The van der Waals surface area contributed by atoms with Crippen molar-refractivity contribution in [3.05, 3.63) is 59.9 Å². The van der Waals surface area contributed by atoms with Crippen LogP contribution in [0.25, 0.3) is 0 Å². The molecule has 1 atom stereocenters. The fourth-order valence-corrected chi connectivity index (χ4v) is 3.08. The molecule has 1 aliphatic heterocycles. The number of halogens is 1. The Balaban J connectivity index is 0.00000261. The number of carbonyl (C=O) groups excluding carboxylic acids is 1. The Labute approximate surface area is 177 Å². The Morgan fingerprint density at radius 1 is 1.26 bits per heavy atom. The van der Waals surface area contributed by atoms with Crippen LogP contribution >= 0.6 is 24.0 Å². The highest BCUT2D eigenvalue weighted by Crippen LogP contribution is 2.31. The van der Waals surface area contributed by atoms with E-state index in [-0.39, 0.29) is 35.8 Å². The maximum atomic E-state index is 11.9. The lowest BCUT2D eigenvalue weighted by Gasteiger charge is -2.24. The highest BCUT2D eigenvalue weighted by atomic mass is 127. The quantitative estimate of drug-likeness (QED) is 0.338. The minimum atomic E-state index is 0. The van der Waals surface area contributed by atoms with Crippen LogP contribution in [0.5, 0.6) is 0 Å². The summed E-state index contributed by atoms with van der Waals surface area (Å²) < 4.78 is 0. The number of guanidine groups is 1. The molecule has 1 aromatic carbocycles. The fraction of sp³-hybridized carbons (Fsp3) is 0.350. The normalized spacial score (nSPS) is 16.0. The van der Waals surface area contributed by atoms with Gasteiger partial charge in [0.2, 0.25) is 5.91 Å². The van der Waals surface area contributed by atoms with Gasteiger partial charge in [0.05, 0.1) is 6.54 Å². The summed E-state index contributed by atoms with van der Waals surface area (Å²) in [6.07, 6.45) is 5.01. The van der Waals surface area contributed by atoms with E-state index in [0.717, 1.165) is 36.7 Å². The minimum absolute atomic E-state index is 0. The lowest BCUT2D eigenvalue weighted by atomic mass is 9.91. The first-order valence-corrected chi connectivity index (χ1v) is 9.06. The Kier molecular flexibility index (Phi) is 8.50. The third kappa shape index (κ3) is 6.20. The van der Waals surface area contributed by atoms with Crippen LogP contribution in [0.2, 0.25) is 0 Å². The highest BCUT2D eigenvalue weighted by Gasteiger charge is 2.24. The highest BCUT2D eigenvalue weighted by molar-refractivity contribution is 14.0. The van der Waals surface area contributed by atoms with Gasteiger partial charge >= 0.3 is 0 Å². The Morgan fingerprint density at radius 3 is 2.89 bits per heavy atom. The SMILES string of the molecule is CCNC(=NCC1CC(=O)Nc2ccccc21)NCCc1cccnc1.I. The smallest absolute Gasteiger partial charge is 0.225 e. The van der Waals surface area contributed by atoms with E-state index in [9.17, 15) is 4.79 Å². The van der Waals surface area contributed by atoms with Crippen LogP contribution in [0.3, 0.4) is 0 Å². The standard InChI is InChI=1S/C20H25N5O.HI/c1-2-22-20(23-11-9-15-6-5-10-21-13-15)24-14-16-12-19(26)25-18-8-4-3-7-17(16)18;/h3-8,10,13,16H,2,9,11-12,14H2,1H3,(H,25,26)(H2,22,23,24);1H. The number of amides is 1. The summed E-state index contributed by atoms with van der Waals surface area (Å²) >= 11 is 0. The van der Waals surface area contributed by atoms with E-state index in [2.05, 4.69) is 33.1 Å². The molecule has 1 aromatic heterocycles. The average Bonchev–Trinajstić information content (AvgIpc) is 2.66. The Morgan fingerprint density at radius 2 is 2.11 bits per heavy atom. The first-order chi connectivity index (χ1) is 12.8. The molecular weight excluding hydrogens is 453 g/mol. The molecule has 3 rings (SSSR count). The number of nitrogens with one attached hydrogen (secondary N) is 3. The molecule has 7 heteroatoms. The van der Waals surface area contributed by atoms with Gasteiger partial charge in [-0.15, -0.1) is 24.0 Å². The largest absolute Gasteiger partial charge is 0.357 e. The number of nitrogens with zero attached hydrogens (tertiary/aromatic N) is 2. The van der Waals surface area contributed by atoms with Crippen molar-refractivity contribution in [3.63, 3.8) is 0 Å². The molecule has 27 heavy (non-hydrogen) atoms. The van der Waals surface area contributed by atoms with E-state index < -0.39 is 0 Å². The maximum absolute atomic E-state index is 11.9. The van der Waals surface area contributed by atoms with E-state index in [1.54, 1.807) is 6.20 Å². The molecule has 0 saturated heterocycles. The number of hydrogen-bond donors (Lipinski definition) is 3. The second-order valence-corrected chi connectivity index (χ2v) is 6.29. The van der Waals surface area contributed by atoms with Crippen LogP contribution in [-0.4, -0.2) is 36.5 Å². The second-order valence-electron chi connectivity index (χ2n) is 6.29. The molecule has 0 fully saturated rings. The number of anilines is 1. The lowest BCUT2D eigenvalue weighted by molar-refractivity contribution is -0.116. The summed E-state index contributed by atoms with van der Waals surface area (Å²) in [5, 5.41) is 9.55. The zero-order valence-electron chi connectivity index (χ0n) is 15.4. The van der Waals surface area contributed by atoms with Crippen molar-refractivity contribution in [2.75, 3.05) is 25.0 Å². The molecule has 2 aromatic rings. The third-order valence-corrected chi connectivity index (χ3v) is 4.35. The summed E-state index contributed by atoms with van der Waals surface area (Å²) in [5.74, 6) is 0.937. The number of para-hydroxylation sites is 1. The van der Waals surface area contributed by atoms with Crippen LogP contribution in [-0.2, 0) is 11.2 Å².